The normalized spacial score (nSPS) is 12.1. The van der Waals surface area contributed by atoms with E-state index in [-0.39, 0.29) is 5.91 Å². The lowest BCUT2D eigenvalue weighted by Gasteiger charge is -2.09. The van der Waals surface area contributed by atoms with Crippen LogP contribution in [0, 0.1) is 13.8 Å². The molecule has 30 heavy (non-hydrogen) atoms. The summed E-state index contributed by atoms with van der Waals surface area (Å²) in [5.41, 5.74) is 3.91. The second kappa shape index (κ2) is 8.42. The third-order valence-corrected chi connectivity index (χ3v) is 6.15. The van der Waals surface area contributed by atoms with E-state index in [1.807, 2.05) is 36.4 Å². The molecule has 0 saturated carbocycles. The van der Waals surface area contributed by atoms with E-state index in [0.29, 0.717) is 29.3 Å². The maximum absolute atomic E-state index is 13.2. The number of benzene rings is 3. The Kier molecular flexibility index (Phi) is 5.70. The Labute approximate surface area is 179 Å². The number of ether oxygens (including phenoxy) is 2. The summed E-state index contributed by atoms with van der Waals surface area (Å²) in [6, 6.07) is 15.9. The molecule has 1 heterocycles. The first-order valence-electron chi connectivity index (χ1n) is 9.77. The lowest BCUT2D eigenvalue weighted by atomic mass is 10.1. The molecular formula is C24H24N2O3S. The number of nitrogens with zero attached hydrogens (tertiary/aromatic N) is 2. The van der Waals surface area contributed by atoms with Gasteiger partial charge in [0.25, 0.3) is 5.91 Å². The summed E-state index contributed by atoms with van der Waals surface area (Å²) >= 11 is 1.52. The van der Waals surface area contributed by atoms with Gasteiger partial charge in [0.1, 0.15) is 5.75 Å². The van der Waals surface area contributed by atoms with E-state index in [4.69, 9.17) is 9.47 Å². The van der Waals surface area contributed by atoms with Crippen molar-refractivity contribution in [1.29, 1.82) is 0 Å². The fourth-order valence-electron chi connectivity index (χ4n) is 3.77. The molecule has 6 heteroatoms. The van der Waals surface area contributed by atoms with Crippen LogP contribution in [0.25, 0.3) is 21.0 Å². The second-order valence-corrected chi connectivity index (χ2v) is 8.28. The molecule has 0 atom stereocenters. The van der Waals surface area contributed by atoms with Crippen molar-refractivity contribution >= 4 is 38.2 Å². The first kappa shape index (κ1) is 20.3. The van der Waals surface area contributed by atoms with Crippen molar-refractivity contribution in [2.75, 3.05) is 20.8 Å². The van der Waals surface area contributed by atoms with Gasteiger partial charge in [-0.25, -0.2) is 0 Å². The van der Waals surface area contributed by atoms with Crippen molar-refractivity contribution < 1.29 is 14.3 Å². The monoisotopic (exact) mass is 420 g/mol. The number of thiazole rings is 1. The molecule has 1 aromatic heterocycles. The predicted molar refractivity (Wildman–Crippen MR) is 122 cm³/mol. The van der Waals surface area contributed by atoms with Crippen LogP contribution in [0.4, 0.5) is 0 Å². The van der Waals surface area contributed by atoms with E-state index in [1.165, 1.54) is 16.9 Å². The van der Waals surface area contributed by atoms with E-state index in [9.17, 15) is 4.79 Å². The highest BCUT2D eigenvalue weighted by Crippen LogP contribution is 2.27. The van der Waals surface area contributed by atoms with E-state index >= 15 is 0 Å². The highest BCUT2D eigenvalue weighted by Gasteiger charge is 2.15. The lowest BCUT2D eigenvalue weighted by Crippen LogP contribution is -2.20. The number of rotatable bonds is 5. The number of hydrogen-bond acceptors (Lipinski definition) is 4. The molecule has 0 unspecified atom stereocenters. The summed E-state index contributed by atoms with van der Waals surface area (Å²) in [6.07, 6.45) is 0. The number of amides is 1. The second-order valence-electron chi connectivity index (χ2n) is 7.27. The van der Waals surface area contributed by atoms with Crippen LogP contribution in [0.15, 0.2) is 53.5 Å². The van der Waals surface area contributed by atoms with E-state index < -0.39 is 0 Å². The highest BCUT2D eigenvalue weighted by molar-refractivity contribution is 7.16. The maximum Gasteiger partial charge on any atom is 0.283 e. The van der Waals surface area contributed by atoms with Crippen LogP contribution in [0.3, 0.4) is 0 Å². The zero-order chi connectivity index (χ0) is 21.3. The average Bonchev–Trinajstić information content (AvgIpc) is 3.07. The predicted octanol–water partition coefficient (Wildman–Crippen LogP) is 4.87. The van der Waals surface area contributed by atoms with Crippen molar-refractivity contribution in [2.45, 2.75) is 20.4 Å². The highest BCUT2D eigenvalue weighted by atomic mass is 32.1. The van der Waals surface area contributed by atoms with Crippen molar-refractivity contribution in [3.63, 3.8) is 0 Å². The molecule has 1 amide bonds. The quantitative estimate of drug-likeness (QED) is 0.463. The molecule has 0 aliphatic carbocycles. The number of aromatic nitrogens is 1. The van der Waals surface area contributed by atoms with Crippen LogP contribution in [0.1, 0.15) is 21.5 Å². The van der Waals surface area contributed by atoms with Crippen LogP contribution in [-0.2, 0) is 11.3 Å². The van der Waals surface area contributed by atoms with Crippen molar-refractivity contribution in [3.8, 4) is 5.75 Å². The van der Waals surface area contributed by atoms with Gasteiger partial charge < -0.3 is 14.0 Å². The first-order valence-corrected chi connectivity index (χ1v) is 10.6. The topological polar surface area (TPSA) is 52.8 Å². The molecule has 0 aliphatic heterocycles. The first-order chi connectivity index (χ1) is 14.5. The SMILES string of the molecule is COCCn1c(=NC(=O)c2cc3ccccc3cc2OC)sc2cc(C)cc(C)c21. The Morgan fingerprint density at radius 3 is 2.50 bits per heavy atom. The number of aryl methyl sites for hydroxylation is 2. The summed E-state index contributed by atoms with van der Waals surface area (Å²) in [5, 5.41) is 2.00. The zero-order valence-electron chi connectivity index (χ0n) is 17.6. The van der Waals surface area contributed by atoms with Gasteiger partial charge in [0, 0.05) is 13.7 Å². The molecule has 0 spiro atoms. The van der Waals surface area contributed by atoms with Gasteiger partial charge in [0.05, 0.1) is 29.5 Å². The number of carbonyl (C=O) groups excluding carboxylic acids is 1. The van der Waals surface area contributed by atoms with Gasteiger partial charge in [-0.3, -0.25) is 4.79 Å². The molecule has 0 N–H and O–H groups in total. The zero-order valence-corrected chi connectivity index (χ0v) is 18.4. The Morgan fingerprint density at radius 2 is 1.80 bits per heavy atom. The van der Waals surface area contributed by atoms with Gasteiger partial charge in [-0.2, -0.15) is 4.99 Å². The van der Waals surface area contributed by atoms with Gasteiger partial charge in [-0.1, -0.05) is 41.7 Å². The molecule has 0 saturated heterocycles. The van der Waals surface area contributed by atoms with E-state index in [2.05, 4.69) is 35.5 Å². The molecule has 0 aliphatic rings. The molecule has 4 rings (SSSR count). The third-order valence-electron chi connectivity index (χ3n) is 5.13. The molecular weight excluding hydrogens is 396 g/mol. The number of carbonyl (C=O) groups is 1. The summed E-state index contributed by atoms with van der Waals surface area (Å²) < 4.78 is 14.0. The molecule has 5 nitrogen and oxygen atoms in total. The van der Waals surface area contributed by atoms with Crippen LogP contribution < -0.4 is 9.54 Å². The Bertz CT molecular complexity index is 1320. The van der Waals surface area contributed by atoms with Gasteiger partial charge in [-0.15, -0.1) is 0 Å². The average molecular weight is 421 g/mol. The standard InChI is InChI=1S/C24H24N2O3S/c1-15-11-16(2)22-21(12-15)30-24(26(22)9-10-28-3)25-23(27)19-13-17-7-5-6-8-18(17)14-20(19)29-4/h5-8,11-14H,9-10H2,1-4H3. The molecule has 0 radical (unpaired) electrons. The summed E-state index contributed by atoms with van der Waals surface area (Å²) in [7, 11) is 3.25. The third kappa shape index (κ3) is 3.76. The minimum atomic E-state index is -0.315. The molecule has 0 bridgehead atoms. The van der Waals surface area contributed by atoms with Gasteiger partial charge in [0.2, 0.25) is 0 Å². The van der Waals surface area contributed by atoms with Crippen molar-refractivity contribution in [1.82, 2.24) is 4.57 Å². The largest absolute Gasteiger partial charge is 0.496 e. The van der Waals surface area contributed by atoms with Crippen LogP contribution >= 0.6 is 11.3 Å². The Morgan fingerprint density at radius 1 is 1.07 bits per heavy atom. The molecule has 154 valence electrons. The maximum atomic E-state index is 13.2. The molecule has 4 aromatic rings. The summed E-state index contributed by atoms with van der Waals surface area (Å²) in [5.74, 6) is 0.212. The molecule has 0 fully saturated rings. The molecule has 3 aromatic carbocycles. The Balaban J connectivity index is 1.89. The van der Waals surface area contributed by atoms with Gasteiger partial charge in [0.15, 0.2) is 4.80 Å². The minimum absolute atomic E-state index is 0.315. The van der Waals surface area contributed by atoms with Crippen LogP contribution in [0.2, 0.25) is 0 Å². The minimum Gasteiger partial charge on any atom is -0.496 e. The number of fused-ring (bicyclic) bond motifs is 2. The van der Waals surface area contributed by atoms with Crippen LogP contribution in [0.5, 0.6) is 5.75 Å². The van der Waals surface area contributed by atoms with E-state index in [0.717, 1.165) is 26.6 Å². The lowest BCUT2D eigenvalue weighted by molar-refractivity contribution is 0.0994. The summed E-state index contributed by atoms with van der Waals surface area (Å²) in [4.78, 5) is 18.4. The van der Waals surface area contributed by atoms with Crippen molar-refractivity contribution in [3.05, 3.63) is 70.0 Å². The Hall–Kier alpha value is -2.96. The van der Waals surface area contributed by atoms with Gasteiger partial charge >= 0.3 is 0 Å². The number of hydrogen-bond donors (Lipinski definition) is 0. The smallest absolute Gasteiger partial charge is 0.283 e. The van der Waals surface area contributed by atoms with Gasteiger partial charge in [-0.05, 0) is 53.9 Å². The van der Waals surface area contributed by atoms with Crippen molar-refractivity contribution in [2.24, 2.45) is 4.99 Å². The summed E-state index contributed by atoms with van der Waals surface area (Å²) in [6.45, 7) is 5.33. The van der Waals surface area contributed by atoms with Crippen LogP contribution in [-0.4, -0.2) is 31.3 Å². The number of methoxy groups -OCH3 is 2. The fourth-order valence-corrected chi connectivity index (χ4v) is 5.00. The van der Waals surface area contributed by atoms with E-state index in [1.54, 1.807) is 14.2 Å². The fraction of sp³-hybridized carbons (Fsp3) is 0.250.